The average molecular weight is 343 g/mol. The normalized spacial score (nSPS) is 15.7. The summed E-state index contributed by atoms with van der Waals surface area (Å²) >= 11 is 3.09. The van der Waals surface area contributed by atoms with E-state index in [1.807, 2.05) is 22.2 Å². The Morgan fingerprint density at radius 3 is 2.81 bits per heavy atom. The maximum atomic E-state index is 12.7. The monoisotopic (exact) mass is 342 g/mol. The molecule has 2 aromatic heterocycles. The molecule has 1 saturated carbocycles. The number of rotatable bonds is 7. The summed E-state index contributed by atoms with van der Waals surface area (Å²) in [5, 5.41) is 9.19. The Labute approximate surface area is 133 Å². The zero-order valence-electron chi connectivity index (χ0n) is 11.8. The van der Waals surface area contributed by atoms with E-state index in [0.717, 1.165) is 10.4 Å². The van der Waals surface area contributed by atoms with Gasteiger partial charge in [-0.15, -0.1) is 11.3 Å². The number of hydrogen-bond donors (Lipinski definition) is 1. The van der Waals surface area contributed by atoms with Crippen molar-refractivity contribution in [3.63, 3.8) is 0 Å². The molecule has 7 heteroatoms. The average Bonchev–Trinajstić information content (AvgIpc) is 2.93. The van der Waals surface area contributed by atoms with Crippen molar-refractivity contribution in [3.8, 4) is 0 Å². The fourth-order valence-corrected chi connectivity index (χ4v) is 5.28. The van der Waals surface area contributed by atoms with Crippen molar-refractivity contribution in [3.05, 3.63) is 38.7 Å². The number of sulfonamides is 1. The minimum Gasteiger partial charge on any atom is -0.309 e. The lowest BCUT2D eigenvalue weighted by atomic mass is 10.3. The van der Waals surface area contributed by atoms with Crippen LogP contribution in [0.5, 0.6) is 0 Å². The van der Waals surface area contributed by atoms with E-state index in [9.17, 15) is 8.42 Å². The molecule has 0 unspecified atom stereocenters. The zero-order valence-corrected chi connectivity index (χ0v) is 14.2. The van der Waals surface area contributed by atoms with Gasteiger partial charge in [0.15, 0.2) is 0 Å². The summed E-state index contributed by atoms with van der Waals surface area (Å²) in [6.45, 7) is 1.06. The van der Waals surface area contributed by atoms with Crippen LogP contribution in [0.1, 0.15) is 23.3 Å². The second-order valence-electron chi connectivity index (χ2n) is 5.26. The molecule has 1 aliphatic carbocycles. The maximum Gasteiger partial charge on any atom is 0.244 e. The minimum absolute atomic E-state index is 0.414. The van der Waals surface area contributed by atoms with Gasteiger partial charge in [0.1, 0.15) is 0 Å². The zero-order chi connectivity index (χ0) is 14.9. The van der Waals surface area contributed by atoms with E-state index < -0.39 is 10.0 Å². The van der Waals surface area contributed by atoms with Crippen molar-refractivity contribution < 1.29 is 8.42 Å². The van der Waals surface area contributed by atoms with E-state index in [1.165, 1.54) is 28.5 Å². The van der Waals surface area contributed by atoms with E-state index in [0.29, 0.717) is 24.0 Å². The molecule has 4 nitrogen and oxygen atoms in total. The molecule has 1 aliphatic rings. The molecule has 0 bridgehead atoms. The molecule has 3 rings (SSSR count). The quantitative estimate of drug-likeness (QED) is 0.842. The highest BCUT2D eigenvalue weighted by atomic mass is 32.2. The van der Waals surface area contributed by atoms with Gasteiger partial charge in [0.2, 0.25) is 10.0 Å². The van der Waals surface area contributed by atoms with Gasteiger partial charge in [0.05, 0.1) is 4.90 Å². The van der Waals surface area contributed by atoms with Crippen LogP contribution in [0.4, 0.5) is 0 Å². The topological polar surface area (TPSA) is 49.4 Å². The molecule has 0 radical (unpaired) electrons. The van der Waals surface area contributed by atoms with Gasteiger partial charge in [-0.2, -0.15) is 15.6 Å². The second-order valence-corrected chi connectivity index (χ2v) is 9.05. The van der Waals surface area contributed by atoms with Crippen LogP contribution >= 0.6 is 22.7 Å². The van der Waals surface area contributed by atoms with Crippen molar-refractivity contribution >= 4 is 32.7 Å². The summed E-state index contributed by atoms with van der Waals surface area (Å²) in [7, 11) is -1.78. The second kappa shape index (κ2) is 6.18. The first-order valence-corrected chi connectivity index (χ1v) is 10.1. The van der Waals surface area contributed by atoms with Crippen LogP contribution in [0.2, 0.25) is 0 Å². The molecule has 0 aromatic carbocycles. The summed E-state index contributed by atoms with van der Waals surface area (Å²) in [4.78, 5) is 1.34. The number of nitrogens with zero attached hydrogens (tertiary/aromatic N) is 1. The van der Waals surface area contributed by atoms with Gasteiger partial charge >= 0.3 is 0 Å². The van der Waals surface area contributed by atoms with E-state index in [1.54, 1.807) is 24.5 Å². The van der Waals surface area contributed by atoms with Gasteiger partial charge in [-0.05, 0) is 46.7 Å². The molecule has 1 N–H and O–H groups in total. The predicted octanol–water partition coefficient (Wildman–Crippen LogP) is 2.88. The highest BCUT2D eigenvalue weighted by Gasteiger charge is 2.26. The molecule has 0 spiro atoms. The molecule has 114 valence electrons. The number of thiophene rings is 2. The summed E-state index contributed by atoms with van der Waals surface area (Å²) in [5.74, 6) is 0. The highest BCUT2D eigenvalue weighted by Crippen LogP contribution is 2.27. The van der Waals surface area contributed by atoms with Gasteiger partial charge in [-0.1, -0.05) is 0 Å². The van der Waals surface area contributed by atoms with E-state index >= 15 is 0 Å². The standard InChI is InChI=1S/C14H18N2O2S3/c1-16(9-11-4-6-19-10-11)21(17,18)14-5-7-20-13(14)8-15-12-2-3-12/h4-7,10,12,15H,2-3,8-9H2,1H3. The Bertz CT molecular complexity index is 688. The SMILES string of the molecule is CN(Cc1ccsc1)S(=O)(=O)c1ccsc1CNC1CC1. The Hall–Kier alpha value is -0.730. The smallest absolute Gasteiger partial charge is 0.244 e. The fourth-order valence-electron chi connectivity index (χ4n) is 2.10. The molecule has 0 atom stereocenters. The lowest BCUT2D eigenvalue weighted by molar-refractivity contribution is 0.466. The van der Waals surface area contributed by atoms with Gasteiger partial charge in [0, 0.05) is 31.1 Å². The van der Waals surface area contributed by atoms with Crippen molar-refractivity contribution in [2.24, 2.45) is 0 Å². The van der Waals surface area contributed by atoms with Crippen molar-refractivity contribution in [1.82, 2.24) is 9.62 Å². The fraction of sp³-hybridized carbons (Fsp3) is 0.429. The third-order valence-electron chi connectivity index (χ3n) is 3.51. The van der Waals surface area contributed by atoms with Gasteiger partial charge in [0.25, 0.3) is 0 Å². The lowest BCUT2D eigenvalue weighted by Gasteiger charge is -2.17. The van der Waals surface area contributed by atoms with Crippen LogP contribution in [0.3, 0.4) is 0 Å². The Kier molecular flexibility index (Phi) is 4.46. The molecule has 2 aromatic rings. The molecule has 1 fully saturated rings. The molecular formula is C14H18N2O2S3. The predicted molar refractivity (Wildman–Crippen MR) is 87.2 cm³/mol. The van der Waals surface area contributed by atoms with E-state index in [-0.39, 0.29) is 0 Å². The van der Waals surface area contributed by atoms with E-state index in [4.69, 9.17) is 0 Å². The molecule has 0 saturated heterocycles. The minimum atomic E-state index is -3.42. The van der Waals surface area contributed by atoms with Gasteiger partial charge in [-0.3, -0.25) is 0 Å². The van der Waals surface area contributed by atoms with Crippen LogP contribution in [0.15, 0.2) is 33.2 Å². The van der Waals surface area contributed by atoms with E-state index in [2.05, 4.69) is 5.32 Å². The summed E-state index contributed by atoms with van der Waals surface area (Å²) in [6, 6.07) is 4.25. The van der Waals surface area contributed by atoms with Gasteiger partial charge < -0.3 is 5.32 Å². The third-order valence-corrected chi connectivity index (χ3v) is 7.18. The number of nitrogens with one attached hydrogen (secondary N) is 1. The highest BCUT2D eigenvalue weighted by molar-refractivity contribution is 7.89. The first kappa shape index (κ1) is 15.2. The van der Waals surface area contributed by atoms with Crippen LogP contribution in [0, 0.1) is 0 Å². The lowest BCUT2D eigenvalue weighted by Crippen LogP contribution is -2.27. The largest absolute Gasteiger partial charge is 0.309 e. The summed E-state index contributed by atoms with van der Waals surface area (Å²) in [5.41, 5.74) is 1.03. The molecule has 2 heterocycles. The van der Waals surface area contributed by atoms with Crippen molar-refractivity contribution in [2.75, 3.05) is 7.05 Å². The van der Waals surface area contributed by atoms with Crippen molar-refractivity contribution in [2.45, 2.75) is 36.9 Å². The molecular weight excluding hydrogens is 324 g/mol. The van der Waals surface area contributed by atoms with Crippen LogP contribution in [-0.4, -0.2) is 25.8 Å². The first-order chi connectivity index (χ1) is 10.1. The Morgan fingerprint density at radius 1 is 1.33 bits per heavy atom. The van der Waals surface area contributed by atoms with Crippen molar-refractivity contribution in [1.29, 1.82) is 0 Å². The summed E-state index contributed by atoms with van der Waals surface area (Å²) in [6.07, 6.45) is 2.40. The Morgan fingerprint density at radius 2 is 2.14 bits per heavy atom. The Balaban J connectivity index is 1.75. The first-order valence-electron chi connectivity index (χ1n) is 6.84. The molecule has 0 aliphatic heterocycles. The molecule has 21 heavy (non-hydrogen) atoms. The van der Waals surface area contributed by atoms with Crippen LogP contribution in [-0.2, 0) is 23.1 Å². The van der Waals surface area contributed by atoms with Gasteiger partial charge in [-0.25, -0.2) is 8.42 Å². The third kappa shape index (κ3) is 3.54. The summed E-state index contributed by atoms with van der Waals surface area (Å²) < 4.78 is 26.8. The maximum absolute atomic E-state index is 12.7. The van der Waals surface area contributed by atoms with Crippen LogP contribution < -0.4 is 5.32 Å². The molecule has 0 amide bonds. The van der Waals surface area contributed by atoms with Crippen LogP contribution in [0.25, 0.3) is 0 Å². The number of hydrogen-bond acceptors (Lipinski definition) is 5.